The molecular weight excluding hydrogens is 456 g/mol. The molecule has 7 nitrogen and oxygen atoms in total. The summed E-state index contributed by atoms with van der Waals surface area (Å²) in [6.45, 7) is 1.21. The zero-order valence-corrected chi connectivity index (χ0v) is 19.9. The van der Waals surface area contributed by atoms with Gasteiger partial charge in [0.2, 0.25) is 18.6 Å². The number of carbonyl (C=O) groups excluding carboxylic acids is 3. The number of hydrogen-bond donors (Lipinski definition) is 1. The Bertz CT molecular complexity index is 1250. The van der Waals surface area contributed by atoms with Gasteiger partial charge in [0.05, 0.1) is 0 Å². The standard InChI is InChI=1S/C29H28N2O5/c32-25(22-8-6-21(7-9-22)20-4-2-1-3-5-20)11-13-28(33)31-16-14-23(15-17-31)29(34)30-24-10-12-26-27(18-24)36-19-35-26/h1-10,12,18,23H,11,13-17,19H2,(H,30,34). The molecule has 2 amide bonds. The van der Waals surface area contributed by atoms with Crippen molar-refractivity contribution >= 4 is 23.3 Å². The molecule has 2 aliphatic heterocycles. The zero-order valence-electron chi connectivity index (χ0n) is 19.9. The molecule has 1 saturated heterocycles. The van der Waals surface area contributed by atoms with Crippen LogP contribution in [0.25, 0.3) is 11.1 Å². The van der Waals surface area contributed by atoms with E-state index in [1.165, 1.54) is 0 Å². The van der Waals surface area contributed by atoms with Crippen molar-refractivity contribution in [1.29, 1.82) is 0 Å². The number of benzene rings is 3. The first-order valence-corrected chi connectivity index (χ1v) is 12.2. The Balaban J connectivity index is 1.07. The first-order valence-electron chi connectivity index (χ1n) is 12.2. The Hall–Kier alpha value is -4.13. The van der Waals surface area contributed by atoms with Gasteiger partial charge in [0.25, 0.3) is 0 Å². The number of fused-ring (bicyclic) bond motifs is 1. The summed E-state index contributed by atoms with van der Waals surface area (Å²) in [6, 6.07) is 22.8. The van der Waals surface area contributed by atoms with Crippen LogP contribution in [0.5, 0.6) is 11.5 Å². The lowest BCUT2D eigenvalue weighted by molar-refractivity contribution is -0.134. The SMILES string of the molecule is O=C(CCC(=O)N1CCC(C(=O)Nc2ccc3c(c2)OCO3)CC1)c1ccc(-c2ccccc2)cc1. The minimum atomic E-state index is -0.163. The molecule has 3 aromatic carbocycles. The highest BCUT2D eigenvalue weighted by Gasteiger charge is 2.28. The molecule has 0 atom stereocenters. The summed E-state index contributed by atoms with van der Waals surface area (Å²) in [5, 5.41) is 2.94. The zero-order chi connectivity index (χ0) is 24.9. The van der Waals surface area contributed by atoms with Crippen molar-refractivity contribution in [3.63, 3.8) is 0 Å². The fraction of sp³-hybridized carbons (Fsp3) is 0.276. The summed E-state index contributed by atoms with van der Waals surface area (Å²) < 4.78 is 10.7. The van der Waals surface area contributed by atoms with E-state index >= 15 is 0 Å². The summed E-state index contributed by atoms with van der Waals surface area (Å²) >= 11 is 0. The van der Waals surface area contributed by atoms with Gasteiger partial charge in [-0.15, -0.1) is 0 Å². The molecule has 2 heterocycles. The molecule has 0 saturated carbocycles. The highest BCUT2D eigenvalue weighted by atomic mass is 16.7. The second-order valence-corrected chi connectivity index (χ2v) is 9.08. The number of hydrogen-bond acceptors (Lipinski definition) is 5. The number of amides is 2. The lowest BCUT2D eigenvalue weighted by Crippen LogP contribution is -2.41. The van der Waals surface area contributed by atoms with Gasteiger partial charge in [0, 0.05) is 49.2 Å². The predicted octanol–water partition coefficient (Wildman–Crippen LogP) is 4.92. The number of likely N-dealkylation sites (tertiary alicyclic amines) is 1. The highest BCUT2D eigenvalue weighted by molar-refractivity contribution is 5.98. The maximum atomic E-state index is 12.7. The summed E-state index contributed by atoms with van der Waals surface area (Å²) in [5.74, 6) is 0.983. The third-order valence-corrected chi connectivity index (χ3v) is 6.74. The number of rotatable bonds is 7. The normalized spacial score (nSPS) is 14.9. The summed E-state index contributed by atoms with van der Waals surface area (Å²) in [5.41, 5.74) is 3.42. The predicted molar refractivity (Wildman–Crippen MR) is 136 cm³/mol. The molecule has 184 valence electrons. The highest BCUT2D eigenvalue weighted by Crippen LogP contribution is 2.34. The van der Waals surface area contributed by atoms with Crippen LogP contribution in [-0.2, 0) is 9.59 Å². The molecule has 0 radical (unpaired) electrons. The minimum Gasteiger partial charge on any atom is -0.454 e. The van der Waals surface area contributed by atoms with Crippen LogP contribution in [0, 0.1) is 5.92 Å². The van der Waals surface area contributed by atoms with Gasteiger partial charge in [-0.2, -0.15) is 0 Å². The first kappa shape index (κ1) is 23.6. The molecule has 0 spiro atoms. The van der Waals surface area contributed by atoms with E-state index in [9.17, 15) is 14.4 Å². The first-order chi connectivity index (χ1) is 17.6. The van der Waals surface area contributed by atoms with Crippen molar-refractivity contribution in [2.45, 2.75) is 25.7 Å². The van der Waals surface area contributed by atoms with Gasteiger partial charge in [-0.1, -0.05) is 54.6 Å². The number of ketones is 1. The van der Waals surface area contributed by atoms with E-state index < -0.39 is 0 Å². The Morgan fingerprint density at radius 1 is 0.806 bits per heavy atom. The number of nitrogens with zero attached hydrogens (tertiary/aromatic N) is 1. The van der Waals surface area contributed by atoms with E-state index in [1.807, 2.05) is 54.6 Å². The van der Waals surface area contributed by atoms with Crippen molar-refractivity contribution in [2.24, 2.45) is 5.92 Å². The van der Waals surface area contributed by atoms with Crippen LogP contribution in [0.4, 0.5) is 5.69 Å². The van der Waals surface area contributed by atoms with Crippen LogP contribution < -0.4 is 14.8 Å². The van der Waals surface area contributed by atoms with Crippen LogP contribution in [-0.4, -0.2) is 42.4 Å². The molecule has 0 unspecified atom stereocenters. The Labute approximate surface area is 210 Å². The second kappa shape index (κ2) is 10.6. The van der Waals surface area contributed by atoms with E-state index in [0.717, 1.165) is 11.1 Å². The monoisotopic (exact) mass is 484 g/mol. The van der Waals surface area contributed by atoms with Gasteiger partial charge in [-0.05, 0) is 36.1 Å². The molecule has 1 N–H and O–H groups in total. The molecule has 0 bridgehead atoms. The van der Waals surface area contributed by atoms with E-state index in [1.54, 1.807) is 23.1 Å². The lowest BCUT2D eigenvalue weighted by atomic mass is 9.95. The van der Waals surface area contributed by atoms with Gasteiger partial charge < -0.3 is 19.7 Å². The van der Waals surface area contributed by atoms with Gasteiger partial charge >= 0.3 is 0 Å². The maximum Gasteiger partial charge on any atom is 0.231 e. The Morgan fingerprint density at radius 2 is 1.50 bits per heavy atom. The van der Waals surface area contributed by atoms with Gasteiger partial charge in [-0.25, -0.2) is 0 Å². The Morgan fingerprint density at radius 3 is 2.25 bits per heavy atom. The maximum absolute atomic E-state index is 12.7. The van der Waals surface area contributed by atoms with Crippen molar-refractivity contribution in [3.05, 3.63) is 78.4 Å². The molecule has 0 aromatic heterocycles. The van der Waals surface area contributed by atoms with Crippen LogP contribution in [0.15, 0.2) is 72.8 Å². The number of piperidine rings is 1. The van der Waals surface area contributed by atoms with E-state index in [2.05, 4.69) is 5.32 Å². The number of carbonyl (C=O) groups is 3. The molecule has 36 heavy (non-hydrogen) atoms. The molecule has 7 heteroatoms. The smallest absolute Gasteiger partial charge is 0.231 e. The van der Waals surface area contributed by atoms with Gasteiger partial charge in [0.1, 0.15) is 0 Å². The van der Waals surface area contributed by atoms with E-state index in [4.69, 9.17) is 9.47 Å². The molecule has 1 fully saturated rings. The second-order valence-electron chi connectivity index (χ2n) is 9.08. The summed E-state index contributed by atoms with van der Waals surface area (Å²) in [6.07, 6.45) is 1.54. The average Bonchev–Trinajstić information content (AvgIpc) is 3.40. The van der Waals surface area contributed by atoms with Gasteiger partial charge in [-0.3, -0.25) is 14.4 Å². The number of anilines is 1. The molecule has 5 rings (SSSR count). The fourth-order valence-electron chi connectivity index (χ4n) is 4.61. The topological polar surface area (TPSA) is 84.9 Å². The largest absolute Gasteiger partial charge is 0.454 e. The number of Topliss-reactive ketones (excluding diaryl/α,β-unsaturated/α-hetero) is 1. The minimum absolute atomic E-state index is 0.0408. The van der Waals surface area contributed by atoms with E-state index in [-0.39, 0.29) is 43.2 Å². The quantitative estimate of drug-likeness (QED) is 0.481. The van der Waals surface area contributed by atoms with Crippen molar-refractivity contribution in [2.75, 3.05) is 25.2 Å². The van der Waals surface area contributed by atoms with Crippen LogP contribution in [0.1, 0.15) is 36.0 Å². The number of nitrogens with one attached hydrogen (secondary N) is 1. The lowest BCUT2D eigenvalue weighted by Gasteiger charge is -2.31. The fourth-order valence-corrected chi connectivity index (χ4v) is 4.61. The summed E-state index contributed by atoms with van der Waals surface area (Å²) in [7, 11) is 0. The van der Waals surface area contributed by atoms with E-state index in [0.29, 0.717) is 48.7 Å². The van der Waals surface area contributed by atoms with Crippen molar-refractivity contribution < 1.29 is 23.9 Å². The van der Waals surface area contributed by atoms with Crippen LogP contribution in [0.2, 0.25) is 0 Å². The molecule has 2 aliphatic rings. The molecule has 3 aromatic rings. The van der Waals surface area contributed by atoms with Crippen LogP contribution in [0.3, 0.4) is 0 Å². The van der Waals surface area contributed by atoms with Crippen molar-refractivity contribution in [1.82, 2.24) is 4.90 Å². The third-order valence-electron chi connectivity index (χ3n) is 6.74. The van der Waals surface area contributed by atoms with Crippen molar-refractivity contribution in [3.8, 4) is 22.6 Å². The molecular formula is C29H28N2O5. The third kappa shape index (κ3) is 5.40. The average molecular weight is 485 g/mol. The summed E-state index contributed by atoms with van der Waals surface area (Å²) in [4.78, 5) is 39.8. The Kier molecular flexibility index (Phi) is 6.98. The van der Waals surface area contributed by atoms with Gasteiger partial charge in [0.15, 0.2) is 17.3 Å². The number of ether oxygens (including phenoxy) is 2. The van der Waals surface area contributed by atoms with Crippen LogP contribution >= 0.6 is 0 Å². The molecule has 0 aliphatic carbocycles.